The molecule has 0 amide bonds. The zero-order valence-electron chi connectivity index (χ0n) is 50.5. The normalized spacial score (nSPS) is 13.9. The number of ether oxygens (including phenoxy) is 4. The molecule has 444 valence electrons. The van der Waals surface area contributed by atoms with Crippen LogP contribution in [0.2, 0.25) is 0 Å². The number of allylic oxidation sites excluding steroid dienone is 26. The Labute approximate surface area is 483 Å². The topological polar surface area (TPSA) is 108 Å². The van der Waals surface area contributed by atoms with Crippen molar-refractivity contribution in [3.63, 3.8) is 0 Å². The molecular formula is C70H112NO8+. The number of carboxylic acids is 1. The summed E-state index contributed by atoms with van der Waals surface area (Å²) in [7, 11) is 5.94. The molecule has 2 unspecified atom stereocenters. The largest absolute Gasteiger partial charge is 0.477 e. The smallest absolute Gasteiger partial charge is 0.361 e. The van der Waals surface area contributed by atoms with Crippen LogP contribution in [0.4, 0.5) is 0 Å². The molecule has 0 aromatic carbocycles. The minimum atomic E-state index is -1.54. The number of carboxylic acid groups (broad SMARTS) is 1. The number of likely N-dealkylation sites (N-methyl/N-ethyl adjacent to an activating group) is 1. The number of rotatable bonds is 54. The first-order chi connectivity index (χ1) is 38.6. The summed E-state index contributed by atoms with van der Waals surface area (Å²) in [5, 5.41) is 9.71. The number of quaternary nitrogens is 1. The van der Waals surface area contributed by atoms with Crippen LogP contribution in [0.25, 0.3) is 0 Å². The van der Waals surface area contributed by atoms with Gasteiger partial charge in [-0.3, -0.25) is 9.59 Å². The first kappa shape index (κ1) is 73.9. The quantitative estimate of drug-likeness (QED) is 0.0211. The van der Waals surface area contributed by atoms with Crippen molar-refractivity contribution < 1.29 is 42.9 Å². The molecule has 0 spiro atoms. The van der Waals surface area contributed by atoms with Gasteiger partial charge < -0.3 is 28.5 Å². The Morgan fingerprint density at radius 2 is 0.709 bits per heavy atom. The van der Waals surface area contributed by atoms with E-state index in [0.29, 0.717) is 23.9 Å². The molecule has 0 saturated carbocycles. The maximum absolute atomic E-state index is 12.9. The van der Waals surface area contributed by atoms with Crippen molar-refractivity contribution >= 4 is 17.9 Å². The van der Waals surface area contributed by atoms with Gasteiger partial charge in [-0.1, -0.05) is 242 Å². The van der Waals surface area contributed by atoms with E-state index in [9.17, 15) is 19.5 Å². The van der Waals surface area contributed by atoms with Gasteiger partial charge in [-0.15, -0.1) is 0 Å². The Morgan fingerprint density at radius 1 is 0.380 bits per heavy atom. The van der Waals surface area contributed by atoms with Crippen LogP contribution in [0.5, 0.6) is 0 Å². The van der Waals surface area contributed by atoms with Gasteiger partial charge in [-0.05, 0) is 109 Å². The van der Waals surface area contributed by atoms with Crippen molar-refractivity contribution in [2.45, 2.75) is 219 Å². The van der Waals surface area contributed by atoms with E-state index in [1.165, 1.54) is 64.2 Å². The highest BCUT2D eigenvalue weighted by atomic mass is 16.7. The molecule has 0 bridgehead atoms. The summed E-state index contributed by atoms with van der Waals surface area (Å²) < 4.78 is 22.8. The summed E-state index contributed by atoms with van der Waals surface area (Å²) in [5.74, 6) is -2.13. The van der Waals surface area contributed by atoms with Gasteiger partial charge in [0, 0.05) is 12.8 Å². The van der Waals surface area contributed by atoms with E-state index >= 15 is 0 Å². The third kappa shape index (κ3) is 60.4. The maximum atomic E-state index is 12.9. The fourth-order valence-electron chi connectivity index (χ4n) is 7.67. The van der Waals surface area contributed by atoms with Gasteiger partial charge in [0.2, 0.25) is 0 Å². The van der Waals surface area contributed by atoms with E-state index < -0.39 is 30.3 Å². The van der Waals surface area contributed by atoms with Crippen LogP contribution in [-0.2, 0) is 33.3 Å². The standard InChI is InChI=1S/C70H111NO8/c1-6-8-10-12-14-16-18-20-22-24-26-27-28-29-30-31-32-33-34-35-36-37-38-39-40-41-43-45-47-49-51-53-55-57-59-61-68(73)79-66(65-78-70(69(74)75)76-63-62-71(3,4)5)64-77-67(72)60-58-56-54-52-50-48-46-44-42-25-23-21-19-17-15-13-11-9-7-2/h8-11,14-17,20-23,26-27,29-30,32-33,35-36,42,44,48,50,54,56,66,70H,6-7,12-13,18-19,24-25,28,31,34,37-41,43,45-47,49,51-53,55,57-65H2,1-5H3/p+1/b10-8-,11-9-,16-14-,17-15-,22-20-,23-21-,27-26-,30-29-,33-32-,36-35-,44-42-,50-48-,56-54-. The van der Waals surface area contributed by atoms with Crippen molar-refractivity contribution in [1.29, 1.82) is 0 Å². The molecule has 9 heteroatoms. The number of nitrogens with zero attached hydrogens (tertiary/aromatic N) is 1. The van der Waals surface area contributed by atoms with Gasteiger partial charge in [-0.25, -0.2) is 4.79 Å². The molecule has 0 aliphatic heterocycles. The molecule has 0 aliphatic rings. The van der Waals surface area contributed by atoms with Gasteiger partial charge in [0.1, 0.15) is 13.2 Å². The predicted octanol–water partition coefficient (Wildman–Crippen LogP) is 18.6. The number of hydrogen-bond acceptors (Lipinski definition) is 7. The molecule has 2 atom stereocenters. The molecular weight excluding hydrogens is 983 g/mol. The SMILES string of the molecule is CC/C=C\C/C=C\C/C=C\C/C=C\C/C=C\C/C=C\C/C=C\CCCCCCCCCCCCCCCC(=O)OC(COC(=O)CC/C=C\C/C=C\C/C=C\C/C=C\C/C=C\C/C=C\CC)COC(OCC[N+](C)(C)C)C(=O)O. The predicted molar refractivity (Wildman–Crippen MR) is 336 cm³/mol. The lowest BCUT2D eigenvalue weighted by Gasteiger charge is -2.25. The number of aliphatic carboxylic acids is 1. The summed E-state index contributed by atoms with van der Waals surface area (Å²) in [5.41, 5.74) is 0. The van der Waals surface area contributed by atoms with E-state index in [2.05, 4.69) is 160 Å². The third-order valence-electron chi connectivity index (χ3n) is 12.3. The molecule has 0 aliphatic carbocycles. The van der Waals surface area contributed by atoms with E-state index in [1.807, 2.05) is 33.3 Å². The second kappa shape index (κ2) is 59.0. The van der Waals surface area contributed by atoms with Crippen LogP contribution in [0.1, 0.15) is 206 Å². The first-order valence-electron chi connectivity index (χ1n) is 30.6. The molecule has 0 saturated heterocycles. The van der Waals surface area contributed by atoms with Gasteiger partial charge in [-0.2, -0.15) is 0 Å². The van der Waals surface area contributed by atoms with Crippen LogP contribution in [0.15, 0.2) is 158 Å². The van der Waals surface area contributed by atoms with Crippen LogP contribution in [0.3, 0.4) is 0 Å². The van der Waals surface area contributed by atoms with Crippen molar-refractivity contribution in [2.75, 3.05) is 47.5 Å². The lowest BCUT2D eigenvalue weighted by atomic mass is 10.0. The Hall–Kier alpha value is -5.09. The molecule has 1 N–H and O–H groups in total. The zero-order valence-corrected chi connectivity index (χ0v) is 50.5. The molecule has 0 rings (SSSR count). The van der Waals surface area contributed by atoms with Crippen LogP contribution in [0, 0.1) is 0 Å². The third-order valence-corrected chi connectivity index (χ3v) is 12.3. The van der Waals surface area contributed by atoms with Crippen LogP contribution in [-0.4, -0.2) is 87.4 Å². The number of hydrogen-bond donors (Lipinski definition) is 1. The van der Waals surface area contributed by atoms with E-state index in [4.69, 9.17) is 18.9 Å². The Kier molecular flexibility index (Phi) is 55.2. The fraction of sp³-hybridized carbons (Fsp3) is 0.586. The molecule has 79 heavy (non-hydrogen) atoms. The number of carbonyl (C=O) groups is 3. The Balaban J connectivity index is 4.26. The highest BCUT2D eigenvalue weighted by molar-refractivity contribution is 5.71. The van der Waals surface area contributed by atoms with Gasteiger partial charge >= 0.3 is 17.9 Å². The second-order valence-corrected chi connectivity index (χ2v) is 20.9. The van der Waals surface area contributed by atoms with E-state index in [-0.39, 0.29) is 32.7 Å². The summed E-state index contributed by atoms with van der Waals surface area (Å²) >= 11 is 0. The lowest BCUT2D eigenvalue weighted by molar-refractivity contribution is -0.870. The van der Waals surface area contributed by atoms with Crippen molar-refractivity contribution in [1.82, 2.24) is 0 Å². The highest BCUT2D eigenvalue weighted by Gasteiger charge is 2.25. The summed E-state index contributed by atoms with van der Waals surface area (Å²) in [6.07, 6.45) is 84.9. The van der Waals surface area contributed by atoms with Gasteiger partial charge in [0.05, 0.1) is 34.4 Å². The number of unbranched alkanes of at least 4 members (excludes halogenated alkanes) is 13. The molecule has 9 nitrogen and oxygen atoms in total. The average molecular weight is 1100 g/mol. The van der Waals surface area contributed by atoms with Crippen LogP contribution < -0.4 is 0 Å². The maximum Gasteiger partial charge on any atom is 0.361 e. The molecule has 0 heterocycles. The van der Waals surface area contributed by atoms with Gasteiger partial charge in [0.15, 0.2) is 6.10 Å². The molecule has 0 aromatic rings. The number of carbonyl (C=O) groups excluding carboxylic acids is 2. The van der Waals surface area contributed by atoms with E-state index in [1.54, 1.807) is 0 Å². The molecule has 0 aromatic heterocycles. The van der Waals surface area contributed by atoms with Gasteiger partial charge in [0.25, 0.3) is 6.29 Å². The van der Waals surface area contributed by atoms with Crippen molar-refractivity contribution in [3.05, 3.63) is 158 Å². The zero-order chi connectivity index (χ0) is 57.6. The molecule has 0 fully saturated rings. The van der Waals surface area contributed by atoms with Crippen molar-refractivity contribution in [2.24, 2.45) is 0 Å². The van der Waals surface area contributed by atoms with Crippen molar-refractivity contribution in [3.8, 4) is 0 Å². The summed E-state index contributed by atoms with van der Waals surface area (Å²) in [4.78, 5) is 37.4. The van der Waals surface area contributed by atoms with Crippen LogP contribution >= 0.6 is 0 Å². The summed E-state index contributed by atoms with van der Waals surface area (Å²) in [6, 6.07) is 0. The minimum Gasteiger partial charge on any atom is -0.477 e. The van der Waals surface area contributed by atoms with E-state index in [0.717, 1.165) is 103 Å². The Morgan fingerprint density at radius 3 is 1.06 bits per heavy atom. The molecule has 0 radical (unpaired) electrons. The minimum absolute atomic E-state index is 0.168. The highest BCUT2D eigenvalue weighted by Crippen LogP contribution is 2.15. The lowest BCUT2D eigenvalue weighted by Crippen LogP contribution is -2.40. The Bertz CT molecular complexity index is 1850. The number of esters is 2. The fourth-order valence-corrected chi connectivity index (χ4v) is 7.67. The summed E-state index contributed by atoms with van der Waals surface area (Å²) in [6.45, 7) is 4.54. The second-order valence-electron chi connectivity index (χ2n) is 20.9. The monoisotopic (exact) mass is 1090 g/mol. The average Bonchev–Trinajstić information content (AvgIpc) is 3.42. The first-order valence-corrected chi connectivity index (χ1v) is 30.6.